The largest absolute Gasteiger partial charge is 0.480 e. The Balaban J connectivity index is 2.95. The van der Waals surface area contributed by atoms with Crippen molar-refractivity contribution < 1.29 is 34.2 Å². The monoisotopic (exact) mass is 469 g/mol. The summed E-state index contributed by atoms with van der Waals surface area (Å²) in [5.41, 5.74) is 11.0. The third-order valence-electron chi connectivity index (χ3n) is 4.51. The van der Waals surface area contributed by atoms with Gasteiger partial charge in [0, 0.05) is 18.3 Å². The first-order valence-corrected chi connectivity index (χ1v) is 10.2. The Kier molecular flexibility index (Phi) is 10.9. The van der Waals surface area contributed by atoms with Crippen LogP contribution in [0.1, 0.15) is 32.4 Å². The number of hydrogen-bond acceptors (Lipinski definition) is 8. The Morgan fingerprint density at radius 1 is 1.03 bits per heavy atom. The van der Waals surface area contributed by atoms with Crippen LogP contribution in [0.3, 0.4) is 0 Å². The lowest BCUT2D eigenvalue weighted by molar-refractivity contribution is -0.142. The fourth-order valence-electron chi connectivity index (χ4n) is 2.85. The van der Waals surface area contributed by atoms with E-state index in [9.17, 15) is 34.2 Å². The Morgan fingerprint density at radius 2 is 1.61 bits per heavy atom. The van der Waals surface area contributed by atoms with Crippen LogP contribution in [-0.2, 0) is 30.4 Å². The van der Waals surface area contributed by atoms with Gasteiger partial charge >= 0.3 is 5.97 Å². The van der Waals surface area contributed by atoms with Gasteiger partial charge in [-0.05, 0) is 12.3 Å². The molecule has 0 aliphatic carbocycles. The maximum Gasteiger partial charge on any atom is 0.326 e. The minimum atomic E-state index is -1.49. The molecule has 0 aliphatic rings. The summed E-state index contributed by atoms with van der Waals surface area (Å²) in [6.07, 6.45) is 2.41. The number of aliphatic carboxylic acids is 1. The first-order chi connectivity index (χ1) is 15.4. The fraction of sp³-hybridized carbons (Fsp3) is 0.579. The number of imidazole rings is 1. The number of carboxylic acid groups (broad SMARTS) is 1. The van der Waals surface area contributed by atoms with Crippen LogP contribution in [0.5, 0.6) is 0 Å². The van der Waals surface area contributed by atoms with E-state index in [0.717, 1.165) is 0 Å². The third-order valence-corrected chi connectivity index (χ3v) is 4.51. The molecule has 4 atom stereocenters. The Morgan fingerprint density at radius 3 is 2.09 bits per heavy atom. The van der Waals surface area contributed by atoms with Crippen molar-refractivity contribution in [1.29, 1.82) is 0 Å². The molecule has 33 heavy (non-hydrogen) atoms. The predicted molar refractivity (Wildman–Crippen MR) is 114 cm³/mol. The molecule has 0 aliphatic heterocycles. The molecule has 4 unspecified atom stereocenters. The first kappa shape index (κ1) is 27.5. The van der Waals surface area contributed by atoms with Crippen molar-refractivity contribution >= 4 is 29.6 Å². The molecule has 1 aromatic rings. The molecule has 10 N–H and O–H groups in total. The summed E-state index contributed by atoms with van der Waals surface area (Å²) < 4.78 is 0. The van der Waals surface area contributed by atoms with Crippen LogP contribution in [0, 0.1) is 5.92 Å². The number of rotatable bonds is 14. The van der Waals surface area contributed by atoms with Crippen LogP contribution in [-0.4, -0.2) is 80.6 Å². The summed E-state index contributed by atoms with van der Waals surface area (Å²) in [7, 11) is 0. The van der Waals surface area contributed by atoms with Gasteiger partial charge in [-0.2, -0.15) is 0 Å². The lowest BCUT2D eigenvalue weighted by Crippen LogP contribution is -2.58. The standard InChI is InChI=1S/C19H31N7O7/c1-9(2)3-13(19(32)33)25-17(30)12(4-10-6-22-8-23-10)24-18(31)14(7-27)26-16(29)11(20)5-15(21)28/h6,8-9,11-14,27H,3-5,7,20H2,1-2H3,(H2,21,28)(H,22,23)(H,24,31)(H,25,30)(H,26,29)(H,32,33). The zero-order valence-corrected chi connectivity index (χ0v) is 18.4. The number of carbonyl (C=O) groups excluding carboxylic acids is 4. The summed E-state index contributed by atoms with van der Waals surface area (Å²) in [5, 5.41) is 25.9. The van der Waals surface area contributed by atoms with E-state index in [4.69, 9.17) is 11.5 Å². The van der Waals surface area contributed by atoms with Crippen molar-refractivity contribution in [2.45, 2.75) is 57.3 Å². The van der Waals surface area contributed by atoms with Crippen molar-refractivity contribution in [1.82, 2.24) is 25.9 Å². The van der Waals surface area contributed by atoms with Gasteiger partial charge in [0.15, 0.2) is 0 Å². The number of nitrogens with two attached hydrogens (primary N) is 2. The molecule has 0 fully saturated rings. The Bertz CT molecular complexity index is 828. The fourth-order valence-corrected chi connectivity index (χ4v) is 2.85. The number of aliphatic hydroxyl groups excluding tert-OH is 1. The first-order valence-electron chi connectivity index (χ1n) is 10.2. The second kappa shape index (κ2) is 13.1. The van der Waals surface area contributed by atoms with E-state index in [-0.39, 0.29) is 18.8 Å². The van der Waals surface area contributed by atoms with E-state index in [1.165, 1.54) is 12.5 Å². The highest BCUT2D eigenvalue weighted by Crippen LogP contribution is 2.07. The summed E-state index contributed by atoms with van der Waals surface area (Å²) >= 11 is 0. The lowest BCUT2D eigenvalue weighted by Gasteiger charge is -2.24. The van der Waals surface area contributed by atoms with Crippen LogP contribution in [0.15, 0.2) is 12.5 Å². The number of hydrogen-bond donors (Lipinski definition) is 8. The topological polar surface area (TPSA) is 243 Å². The number of aromatic amines is 1. The Hall–Kier alpha value is -3.52. The number of carbonyl (C=O) groups is 5. The van der Waals surface area contributed by atoms with Gasteiger partial charge in [-0.3, -0.25) is 19.2 Å². The van der Waals surface area contributed by atoms with Crippen molar-refractivity contribution in [3.8, 4) is 0 Å². The van der Waals surface area contributed by atoms with Gasteiger partial charge in [0.2, 0.25) is 23.6 Å². The van der Waals surface area contributed by atoms with Crippen LogP contribution in [0.25, 0.3) is 0 Å². The van der Waals surface area contributed by atoms with E-state index in [0.29, 0.717) is 5.69 Å². The van der Waals surface area contributed by atoms with Crippen LogP contribution >= 0.6 is 0 Å². The molecule has 14 heteroatoms. The van der Waals surface area contributed by atoms with Crippen molar-refractivity contribution in [3.05, 3.63) is 18.2 Å². The van der Waals surface area contributed by atoms with Gasteiger partial charge < -0.3 is 42.6 Å². The minimum Gasteiger partial charge on any atom is -0.480 e. The normalized spacial score (nSPS) is 14.6. The molecular weight excluding hydrogens is 438 g/mol. The van der Waals surface area contributed by atoms with Crippen LogP contribution < -0.4 is 27.4 Å². The molecule has 4 amide bonds. The number of carboxylic acids is 1. The zero-order valence-electron chi connectivity index (χ0n) is 18.4. The SMILES string of the molecule is CC(C)CC(NC(=O)C(Cc1cnc[nH]1)NC(=O)C(CO)NC(=O)C(N)CC(N)=O)C(=O)O. The number of primary amides is 1. The number of nitrogens with one attached hydrogen (secondary N) is 4. The van der Waals surface area contributed by atoms with Gasteiger partial charge in [0.1, 0.15) is 18.1 Å². The number of H-pyrrole nitrogens is 1. The molecule has 1 aromatic heterocycles. The Labute approximate surface area is 189 Å². The molecule has 0 radical (unpaired) electrons. The van der Waals surface area contributed by atoms with Crippen molar-refractivity contribution in [2.24, 2.45) is 17.4 Å². The molecule has 1 rings (SSSR count). The van der Waals surface area contributed by atoms with E-state index < -0.39 is 66.8 Å². The maximum atomic E-state index is 12.8. The molecular formula is C19H31N7O7. The van der Waals surface area contributed by atoms with E-state index in [2.05, 4.69) is 25.9 Å². The van der Waals surface area contributed by atoms with E-state index in [1.807, 2.05) is 0 Å². The number of aromatic nitrogens is 2. The van der Waals surface area contributed by atoms with Gasteiger partial charge in [-0.1, -0.05) is 13.8 Å². The average molecular weight is 469 g/mol. The highest BCUT2D eigenvalue weighted by molar-refractivity contribution is 5.95. The lowest BCUT2D eigenvalue weighted by atomic mass is 10.0. The second-order valence-electron chi connectivity index (χ2n) is 7.89. The molecule has 0 saturated heterocycles. The summed E-state index contributed by atoms with van der Waals surface area (Å²) in [6.45, 7) is 2.76. The molecule has 0 saturated carbocycles. The van der Waals surface area contributed by atoms with Gasteiger partial charge in [-0.25, -0.2) is 9.78 Å². The molecule has 0 aromatic carbocycles. The number of aliphatic hydroxyl groups is 1. The van der Waals surface area contributed by atoms with Crippen molar-refractivity contribution in [3.63, 3.8) is 0 Å². The highest BCUT2D eigenvalue weighted by atomic mass is 16.4. The van der Waals surface area contributed by atoms with Gasteiger partial charge in [-0.15, -0.1) is 0 Å². The molecule has 14 nitrogen and oxygen atoms in total. The smallest absolute Gasteiger partial charge is 0.326 e. The van der Waals surface area contributed by atoms with Crippen molar-refractivity contribution in [2.75, 3.05) is 6.61 Å². The van der Waals surface area contributed by atoms with Crippen LogP contribution in [0.4, 0.5) is 0 Å². The molecule has 0 spiro atoms. The summed E-state index contributed by atoms with van der Waals surface area (Å²) in [4.78, 5) is 66.6. The van der Waals surface area contributed by atoms with Gasteiger partial charge in [0.05, 0.1) is 25.4 Å². The highest BCUT2D eigenvalue weighted by Gasteiger charge is 2.31. The average Bonchev–Trinajstić information content (AvgIpc) is 3.22. The maximum absolute atomic E-state index is 12.8. The van der Waals surface area contributed by atoms with E-state index in [1.54, 1.807) is 13.8 Å². The van der Waals surface area contributed by atoms with E-state index >= 15 is 0 Å². The zero-order chi connectivity index (χ0) is 25.1. The number of amides is 4. The van der Waals surface area contributed by atoms with Gasteiger partial charge in [0.25, 0.3) is 0 Å². The third kappa shape index (κ3) is 9.65. The predicted octanol–water partition coefficient (Wildman–Crippen LogP) is -3.27. The number of nitrogens with zero attached hydrogens (tertiary/aromatic N) is 1. The molecule has 0 bridgehead atoms. The molecule has 184 valence electrons. The van der Waals surface area contributed by atoms with Crippen LogP contribution in [0.2, 0.25) is 0 Å². The second-order valence-corrected chi connectivity index (χ2v) is 7.89. The molecule has 1 heterocycles. The summed E-state index contributed by atoms with van der Waals surface area (Å²) in [6, 6.07) is -5.25. The quantitative estimate of drug-likeness (QED) is 0.136. The summed E-state index contributed by atoms with van der Waals surface area (Å²) in [5.74, 6) is -4.68. The minimum absolute atomic E-state index is 0.0226.